The number of carbonyl (C=O) groups excluding carboxylic acids is 3. The topological polar surface area (TPSA) is 75.7 Å². The molecule has 2 rings (SSSR count). The van der Waals surface area contributed by atoms with Gasteiger partial charge in [0.2, 0.25) is 11.8 Å². The lowest BCUT2D eigenvalue weighted by atomic mass is 10.1. The van der Waals surface area contributed by atoms with Crippen LogP contribution in [0.5, 0.6) is 5.75 Å². The van der Waals surface area contributed by atoms with Gasteiger partial charge >= 0.3 is 0 Å². The summed E-state index contributed by atoms with van der Waals surface area (Å²) in [7, 11) is 1.56. The molecule has 0 aliphatic rings. The number of ketones is 1. The zero-order valence-electron chi connectivity index (χ0n) is 16.9. The molecule has 0 atom stereocenters. The number of thioether (sulfide) groups is 1. The molecule has 0 aliphatic carbocycles. The van der Waals surface area contributed by atoms with E-state index in [2.05, 4.69) is 5.32 Å². The SMILES string of the molecule is CCOc1ccc(C(=O)CCC(=O)N(C)CC(=O)Nc2ccccc2SC)cc1. The van der Waals surface area contributed by atoms with Gasteiger partial charge in [-0.1, -0.05) is 12.1 Å². The van der Waals surface area contributed by atoms with Crippen LogP contribution < -0.4 is 10.1 Å². The summed E-state index contributed by atoms with van der Waals surface area (Å²) in [5.41, 5.74) is 1.26. The molecule has 7 heteroatoms. The molecule has 0 unspecified atom stereocenters. The number of anilines is 1. The highest BCUT2D eigenvalue weighted by Crippen LogP contribution is 2.24. The molecule has 0 aromatic heterocycles. The zero-order valence-corrected chi connectivity index (χ0v) is 17.8. The number of ether oxygens (including phenoxy) is 1. The molecule has 6 nitrogen and oxygen atoms in total. The first-order valence-electron chi connectivity index (χ1n) is 9.37. The summed E-state index contributed by atoms with van der Waals surface area (Å²) in [5.74, 6) is 0.0554. The van der Waals surface area contributed by atoms with Gasteiger partial charge in [-0.3, -0.25) is 14.4 Å². The van der Waals surface area contributed by atoms with Gasteiger partial charge in [0, 0.05) is 30.3 Å². The first-order chi connectivity index (χ1) is 13.9. The van der Waals surface area contributed by atoms with E-state index < -0.39 is 0 Å². The van der Waals surface area contributed by atoms with Crippen molar-refractivity contribution in [2.24, 2.45) is 0 Å². The number of Topliss-reactive ketones (excluding diaryl/α,β-unsaturated/α-hetero) is 1. The summed E-state index contributed by atoms with van der Waals surface area (Å²) < 4.78 is 5.35. The number of amides is 2. The predicted octanol–water partition coefficient (Wildman–Crippen LogP) is 3.87. The van der Waals surface area contributed by atoms with Gasteiger partial charge < -0.3 is 15.0 Å². The number of hydrogen-bond acceptors (Lipinski definition) is 5. The Morgan fingerprint density at radius 3 is 2.38 bits per heavy atom. The molecule has 1 N–H and O–H groups in total. The fourth-order valence-corrected chi connectivity index (χ4v) is 3.25. The molecule has 0 saturated heterocycles. The third kappa shape index (κ3) is 6.94. The maximum Gasteiger partial charge on any atom is 0.244 e. The number of hydrogen-bond donors (Lipinski definition) is 1. The van der Waals surface area contributed by atoms with E-state index in [1.165, 1.54) is 16.7 Å². The van der Waals surface area contributed by atoms with Crippen LogP contribution in [0, 0.1) is 0 Å². The van der Waals surface area contributed by atoms with Gasteiger partial charge in [0.1, 0.15) is 5.75 Å². The molecule has 0 radical (unpaired) electrons. The van der Waals surface area contributed by atoms with Crippen LogP contribution in [0.1, 0.15) is 30.1 Å². The summed E-state index contributed by atoms with van der Waals surface area (Å²) >= 11 is 1.53. The molecule has 2 aromatic carbocycles. The fourth-order valence-electron chi connectivity index (χ4n) is 2.70. The second-order valence-corrected chi connectivity index (χ2v) is 7.23. The number of rotatable bonds is 10. The molecule has 0 saturated carbocycles. The van der Waals surface area contributed by atoms with Crippen molar-refractivity contribution in [1.82, 2.24) is 4.90 Å². The molecule has 0 fully saturated rings. The Hall–Kier alpha value is -2.80. The Balaban J connectivity index is 1.82. The van der Waals surface area contributed by atoms with Crippen LogP contribution in [-0.4, -0.2) is 49.0 Å². The Labute approximate surface area is 175 Å². The van der Waals surface area contributed by atoms with Crippen molar-refractivity contribution in [1.29, 1.82) is 0 Å². The summed E-state index contributed by atoms with van der Waals surface area (Å²) in [6.45, 7) is 2.38. The normalized spacial score (nSPS) is 10.3. The fraction of sp³-hybridized carbons (Fsp3) is 0.318. The minimum atomic E-state index is -0.278. The van der Waals surface area contributed by atoms with Gasteiger partial charge in [0.05, 0.1) is 18.8 Å². The predicted molar refractivity (Wildman–Crippen MR) is 116 cm³/mol. The average molecular weight is 415 g/mol. The van der Waals surface area contributed by atoms with Gasteiger partial charge in [-0.25, -0.2) is 0 Å². The van der Waals surface area contributed by atoms with Gasteiger partial charge in [0.25, 0.3) is 0 Å². The molecular weight excluding hydrogens is 388 g/mol. The minimum Gasteiger partial charge on any atom is -0.494 e. The largest absolute Gasteiger partial charge is 0.494 e. The van der Waals surface area contributed by atoms with Crippen molar-refractivity contribution in [3.63, 3.8) is 0 Å². The summed E-state index contributed by atoms with van der Waals surface area (Å²) in [6.07, 6.45) is 2.08. The molecule has 2 aromatic rings. The van der Waals surface area contributed by atoms with Crippen molar-refractivity contribution in [3.8, 4) is 5.75 Å². The maximum atomic E-state index is 12.3. The summed E-state index contributed by atoms with van der Waals surface area (Å²) in [4.78, 5) is 39.1. The Morgan fingerprint density at radius 1 is 1.03 bits per heavy atom. The van der Waals surface area contributed by atoms with E-state index in [1.54, 1.807) is 31.3 Å². The lowest BCUT2D eigenvalue weighted by Crippen LogP contribution is -2.35. The quantitative estimate of drug-likeness (QED) is 0.472. The van der Waals surface area contributed by atoms with Crippen molar-refractivity contribution in [3.05, 3.63) is 54.1 Å². The Bertz CT molecular complexity index is 852. The Kier molecular flexibility index (Phi) is 8.73. The van der Waals surface area contributed by atoms with Crippen LogP contribution in [0.2, 0.25) is 0 Å². The molecule has 0 spiro atoms. The molecule has 2 amide bonds. The van der Waals surface area contributed by atoms with E-state index in [0.29, 0.717) is 17.9 Å². The highest BCUT2D eigenvalue weighted by atomic mass is 32.2. The molecule has 0 bridgehead atoms. The maximum absolute atomic E-state index is 12.3. The molecule has 0 aliphatic heterocycles. The van der Waals surface area contributed by atoms with Crippen LogP contribution in [0.3, 0.4) is 0 Å². The lowest BCUT2D eigenvalue weighted by molar-refractivity contribution is -0.133. The van der Waals surface area contributed by atoms with E-state index in [0.717, 1.165) is 10.6 Å². The number of benzene rings is 2. The summed E-state index contributed by atoms with van der Waals surface area (Å²) in [6, 6.07) is 14.3. The number of para-hydroxylation sites is 1. The van der Waals surface area contributed by atoms with Crippen molar-refractivity contribution >= 4 is 35.0 Å². The zero-order chi connectivity index (χ0) is 21.2. The number of carbonyl (C=O) groups is 3. The van der Waals surface area contributed by atoms with Crippen molar-refractivity contribution in [2.45, 2.75) is 24.7 Å². The minimum absolute atomic E-state index is 0.0528. The number of nitrogens with zero attached hydrogens (tertiary/aromatic N) is 1. The number of nitrogens with one attached hydrogen (secondary N) is 1. The third-order valence-electron chi connectivity index (χ3n) is 4.24. The first kappa shape index (κ1) is 22.5. The molecule has 0 heterocycles. The van der Waals surface area contributed by atoms with Crippen LogP contribution in [0.15, 0.2) is 53.4 Å². The van der Waals surface area contributed by atoms with E-state index in [1.807, 2.05) is 37.4 Å². The first-order valence-corrected chi connectivity index (χ1v) is 10.6. The molecular formula is C22H26N2O4S. The van der Waals surface area contributed by atoms with Gasteiger partial charge in [0.15, 0.2) is 5.78 Å². The summed E-state index contributed by atoms with van der Waals surface area (Å²) in [5, 5.41) is 2.82. The molecule has 154 valence electrons. The van der Waals surface area contributed by atoms with Gasteiger partial charge in [-0.15, -0.1) is 11.8 Å². The van der Waals surface area contributed by atoms with Gasteiger partial charge in [-0.2, -0.15) is 0 Å². The Morgan fingerprint density at radius 2 is 1.72 bits per heavy atom. The monoisotopic (exact) mass is 414 g/mol. The van der Waals surface area contributed by atoms with E-state index >= 15 is 0 Å². The smallest absolute Gasteiger partial charge is 0.244 e. The van der Waals surface area contributed by atoms with E-state index in [-0.39, 0.29) is 37.0 Å². The highest BCUT2D eigenvalue weighted by molar-refractivity contribution is 7.98. The van der Waals surface area contributed by atoms with Crippen molar-refractivity contribution in [2.75, 3.05) is 31.8 Å². The van der Waals surface area contributed by atoms with E-state index in [4.69, 9.17) is 4.74 Å². The second-order valence-electron chi connectivity index (χ2n) is 6.38. The average Bonchev–Trinajstić information content (AvgIpc) is 2.72. The second kappa shape index (κ2) is 11.3. The standard InChI is InChI=1S/C22H26N2O4S/c1-4-28-17-11-9-16(10-12-17)19(25)13-14-22(27)24(2)15-21(26)23-18-7-5-6-8-20(18)29-3/h5-12H,4,13-15H2,1-3H3,(H,23,26). The third-order valence-corrected chi connectivity index (χ3v) is 5.04. The van der Waals surface area contributed by atoms with Crippen LogP contribution in [0.25, 0.3) is 0 Å². The van der Waals surface area contributed by atoms with Crippen LogP contribution in [-0.2, 0) is 9.59 Å². The van der Waals surface area contributed by atoms with E-state index in [9.17, 15) is 14.4 Å². The van der Waals surface area contributed by atoms with Crippen LogP contribution in [0.4, 0.5) is 5.69 Å². The number of likely N-dealkylation sites (N-methyl/N-ethyl adjacent to an activating group) is 1. The lowest BCUT2D eigenvalue weighted by Gasteiger charge is -2.17. The molecule has 29 heavy (non-hydrogen) atoms. The van der Waals surface area contributed by atoms with Crippen molar-refractivity contribution < 1.29 is 19.1 Å². The van der Waals surface area contributed by atoms with Gasteiger partial charge in [-0.05, 0) is 49.6 Å². The van der Waals surface area contributed by atoms with Crippen LogP contribution >= 0.6 is 11.8 Å². The highest BCUT2D eigenvalue weighted by Gasteiger charge is 2.16.